The summed E-state index contributed by atoms with van der Waals surface area (Å²) < 4.78 is 10.5. The van der Waals surface area contributed by atoms with Crippen LogP contribution in [0.2, 0.25) is 5.02 Å². The van der Waals surface area contributed by atoms with Gasteiger partial charge in [-0.25, -0.2) is 0 Å². The highest BCUT2D eigenvalue weighted by atomic mass is 35.5. The summed E-state index contributed by atoms with van der Waals surface area (Å²) in [6, 6.07) is 9.18. The van der Waals surface area contributed by atoms with Gasteiger partial charge in [0.25, 0.3) is 0 Å². The number of hydrogen-bond acceptors (Lipinski definition) is 4. The normalized spacial score (nSPS) is 10.2. The van der Waals surface area contributed by atoms with Gasteiger partial charge in [0.2, 0.25) is 5.91 Å². The second-order valence-electron chi connectivity index (χ2n) is 5.41. The van der Waals surface area contributed by atoms with Crippen molar-refractivity contribution in [1.82, 2.24) is 0 Å². The number of carbonyl (C=O) groups excluding carboxylic acids is 1. The van der Waals surface area contributed by atoms with Crippen LogP contribution in [0.5, 0.6) is 11.5 Å². The van der Waals surface area contributed by atoms with Crippen molar-refractivity contribution >= 4 is 28.9 Å². The Balaban J connectivity index is 2.07. The minimum Gasteiger partial charge on any atom is -0.495 e. The predicted molar refractivity (Wildman–Crippen MR) is 97.6 cm³/mol. The number of anilines is 2. The van der Waals surface area contributed by atoms with Crippen LogP contribution in [0.25, 0.3) is 0 Å². The summed E-state index contributed by atoms with van der Waals surface area (Å²) in [5, 5.41) is 6.53. The molecule has 2 aromatic carbocycles. The molecule has 0 atom stereocenters. The fourth-order valence-electron chi connectivity index (χ4n) is 2.26. The number of methoxy groups -OCH3 is 2. The van der Waals surface area contributed by atoms with Crippen molar-refractivity contribution in [3.05, 3.63) is 46.5 Å². The Labute approximate surface area is 146 Å². The van der Waals surface area contributed by atoms with Crippen molar-refractivity contribution in [3.8, 4) is 11.5 Å². The molecule has 0 heterocycles. The van der Waals surface area contributed by atoms with Crippen molar-refractivity contribution in [2.24, 2.45) is 0 Å². The average molecular weight is 349 g/mol. The van der Waals surface area contributed by atoms with Crippen LogP contribution in [0.15, 0.2) is 30.3 Å². The molecule has 2 rings (SSSR count). The zero-order chi connectivity index (χ0) is 17.7. The first-order chi connectivity index (χ1) is 11.4. The maximum absolute atomic E-state index is 12.2. The molecule has 0 saturated heterocycles. The Hall–Kier alpha value is -2.40. The first-order valence-electron chi connectivity index (χ1n) is 7.47. The third kappa shape index (κ3) is 4.32. The van der Waals surface area contributed by atoms with Crippen LogP contribution < -0.4 is 20.1 Å². The van der Waals surface area contributed by atoms with E-state index in [1.165, 1.54) is 0 Å². The van der Waals surface area contributed by atoms with Gasteiger partial charge < -0.3 is 20.1 Å². The van der Waals surface area contributed by atoms with Gasteiger partial charge in [-0.3, -0.25) is 4.79 Å². The lowest BCUT2D eigenvalue weighted by atomic mass is 10.2. The quantitative estimate of drug-likeness (QED) is 0.827. The lowest BCUT2D eigenvalue weighted by Gasteiger charge is -2.14. The van der Waals surface area contributed by atoms with Gasteiger partial charge in [0, 0.05) is 11.1 Å². The Morgan fingerprint density at radius 3 is 2.42 bits per heavy atom. The van der Waals surface area contributed by atoms with Crippen LogP contribution in [0.4, 0.5) is 11.4 Å². The fourth-order valence-corrected chi connectivity index (χ4v) is 2.41. The molecule has 1 amide bonds. The van der Waals surface area contributed by atoms with E-state index in [2.05, 4.69) is 10.6 Å². The molecule has 0 bridgehead atoms. The predicted octanol–water partition coefficient (Wildman–Crippen LogP) is 4.02. The second kappa shape index (κ2) is 7.93. The van der Waals surface area contributed by atoms with E-state index in [0.29, 0.717) is 27.9 Å². The summed E-state index contributed by atoms with van der Waals surface area (Å²) in [4.78, 5) is 12.2. The molecule has 5 nitrogen and oxygen atoms in total. The van der Waals surface area contributed by atoms with E-state index >= 15 is 0 Å². The standard InChI is InChI=1S/C18H21ClN2O3/c1-11-5-6-16(23-3)15(7-11)21-18(22)10-20-14-8-12(2)13(19)9-17(14)24-4/h5-9,20H,10H2,1-4H3,(H,21,22). The molecule has 128 valence electrons. The van der Waals surface area contributed by atoms with E-state index in [9.17, 15) is 4.79 Å². The van der Waals surface area contributed by atoms with E-state index in [1.807, 2.05) is 38.1 Å². The highest BCUT2D eigenvalue weighted by Crippen LogP contribution is 2.31. The number of ether oxygens (including phenoxy) is 2. The van der Waals surface area contributed by atoms with Crippen LogP contribution in [-0.4, -0.2) is 26.7 Å². The first-order valence-corrected chi connectivity index (χ1v) is 7.85. The van der Waals surface area contributed by atoms with Gasteiger partial charge in [-0.1, -0.05) is 17.7 Å². The Kier molecular flexibility index (Phi) is 5.93. The van der Waals surface area contributed by atoms with Gasteiger partial charge >= 0.3 is 0 Å². The summed E-state index contributed by atoms with van der Waals surface area (Å²) in [6.45, 7) is 3.94. The van der Waals surface area contributed by atoms with Gasteiger partial charge in [0.05, 0.1) is 32.1 Å². The molecule has 0 spiro atoms. The van der Waals surface area contributed by atoms with E-state index < -0.39 is 0 Å². The molecular weight excluding hydrogens is 328 g/mol. The largest absolute Gasteiger partial charge is 0.495 e. The third-order valence-electron chi connectivity index (χ3n) is 3.55. The molecule has 2 aromatic rings. The Morgan fingerprint density at radius 2 is 1.75 bits per heavy atom. The van der Waals surface area contributed by atoms with E-state index in [0.717, 1.165) is 11.1 Å². The monoisotopic (exact) mass is 348 g/mol. The number of aryl methyl sites for hydroxylation is 2. The zero-order valence-electron chi connectivity index (χ0n) is 14.2. The maximum Gasteiger partial charge on any atom is 0.243 e. The van der Waals surface area contributed by atoms with Crippen molar-refractivity contribution in [2.75, 3.05) is 31.4 Å². The highest BCUT2D eigenvalue weighted by Gasteiger charge is 2.11. The number of carbonyl (C=O) groups is 1. The molecular formula is C18H21ClN2O3. The third-order valence-corrected chi connectivity index (χ3v) is 3.96. The van der Waals surface area contributed by atoms with Crippen molar-refractivity contribution < 1.29 is 14.3 Å². The number of amides is 1. The fraction of sp³-hybridized carbons (Fsp3) is 0.278. The molecule has 0 unspecified atom stereocenters. The Bertz CT molecular complexity index is 747. The molecule has 2 N–H and O–H groups in total. The van der Waals surface area contributed by atoms with Crippen LogP contribution in [0, 0.1) is 13.8 Å². The smallest absolute Gasteiger partial charge is 0.243 e. The number of nitrogens with one attached hydrogen (secondary N) is 2. The summed E-state index contributed by atoms with van der Waals surface area (Å²) in [5.41, 5.74) is 3.30. The van der Waals surface area contributed by atoms with Gasteiger partial charge in [-0.15, -0.1) is 0 Å². The summed E-state index contributed by atoms with van der Waals surface area (Å²) in [5.74, 6) is 1.02. The molecule has 0 aliphatic heterocycles. The first kappa shape index (κ1) is 17.9. The zero-order valence-corrected chi connectivity index (χ0v) is 15.0. The molecule has 0 aliphatic rings. The summed E-state index contributed by atoms with van der Waals surface area (Å²) >= 11 is 6.08. The average Bonchev–Trinajstić information content (AvgIpc) is 2.55. The molecule has 0 aliphatic carbocycles. The Morgan fingerprint density at radius 1 is 1.04 bits per heavy atom. The van der Waals surface area contributed by atoms with Crippen molar-refractivity contribution in [3.63, 3.8) is 0 Å². The minimum absolute atomic E-state index is 0.0918. The number of halogens is 1. The van der Waals surface area contributed by atoms with Crippen LogP contribution in [0.3, 0.4) is 0 Å². The highest BCUT2D eigenvalue weighted by molar-refractivity contribution is 6.31. The number of rotatable bonds is 6. The van der Waals surface area contributed by atoms with E-state index in [4.69, 9.17) is 21.1 Å². The van der Waals surface area contributed by atoms with Gasteiger partial charge in [0.15, 0.2) is 0 Å². The summed E-state index contributed by atoms with van der Waals surface area (Å²) in [7, 11) is 3.13. The van der Waals surface area contributed by atoms with Gasteiger partial charge in [0.1, 0.15) is 11.5 Å². The van der Waals surface area contributed by atoms with E-state index in [1.54, 1.807) is 20.3 Å². The molecule has 0 fully saturated rings. The maximum atomic E-state index is 12.2. The van der Waals surface area contributed by atoms with Crippen LogP contribution in [-0.2, 0) is 4.79 Å². The molecule has 0 aromatic heterocycles. The lowest BCUT2D eigenvalue weighted by Crippen LogP contribution is -2.22. The number of benzene rings is 2. The molecule has 24 heavy (non-hydrogen) atoms. The SMILES string of the molecule is COc1cc(Cl)c(C)cc1NCC(=O)Nc1cc(C)ccc1OC. The van der Waals surface area contributed by atoms with Crippen LogP contribution >= 0.6 is 11.6 Å². The van der Waals surface area contributed by atoms with Gasteiger partial charge in [-0.05, 0) is 43.2 Å². The van der Waals surface area contributed by atoms with E-state index in [-0.39, 0.29) is 12.5 Å². The molecule has 0 saturated carbocycles. The minimum atomic E-state index is -0.187. The molecule has 6 heteroatoms. The topological polar surface area (TPSA) is 59.6 Å². The summed E-state index contributed by atoms with van der Waals surface area (Å²) in [6.07, 6.45) is 0. The second-order valence-corrected chi connectivity index (χ2v) is 5.81. The lowest BCUT2D eigenvalue weighted by molar-refractivity contribution is -0.114. The van der Waals surface area contributed by atoms with Crippen molar-refractivity contribution in [2.45, 2.75) is 13.8 Å². The van der Waals surface area contributed by atoms with Crippen LogP contribution in [0.1, 0.15) is 11.1 Å². The van der Waals surface area contributed by atoms with Crippen molar-refractivity contribution in [1.29, 1.82) is 0 Å². The van der Waals surface area contributed by atoms with Gasteiger partial charge in [-0.2, -0.15) is 0 Å². The number of hydrogen-bond donors (Lipinski definition) is 2. The molecule has 0 radical (unpaired) electrons.